The molecule has 4 rings (SSSR count). The zero-order chi connectivity index (χ0) is 24.1. The number of anilines is 1. The first-order valence-electron chi connectivity index (χ1n) is 11.1. The Morgan fingerprint density at radius 3 is 2.71 bits per heavy atom. The molecule has 2 amide bonds. The normalized spacial score (nSPS) is 12.9. The number of ether oxygens (including phenoxy) is 2. The number of hydrogen-bond acceptors (Lipinski definition) is 6. The van der Waals surface area contributed by atoms with E-state index < -0.39 is 6.04 Å². The van der Waals surface area contributed by atoms with Crippen LogP contribution in [0.1, 0.15) is 16.8 Å². The molecular formula is C25H28N4O5. The highest BCUT2D eigenvalue weighted by atomic mass is 16.7. The third-order valence-electron chi connectivity index (χ3n) is 5.87. The van der Waals surface area contributed by atoms with E-state index in [9.17, 15) is 14.7 Å². The van der Waals surface area contributed by atoms with Gasteiger partial charge in [-0.15, -0.1) is 0 Å². The van der Waals surface area contributed by atoms with Gasteiger partial charge >= 0.3 is 0 Å². The van der Waals surface area contributed by atoms with Crippen molar-refractivity contribution in [3.63, 3.8) is 0 Å². The topological polar surface area (TPSA) is 106 Å². The highest BCUT2D eigenvalue weighted by Gasteiger charge is 2.27. The summed E-state index contributed by atoms with van der Waals surface area (Å²) in [5.41, 5.74) is 3.27. The first-order valence-corrected chi connectivity index (χ1v) is 11.1. The van der Waals surface area contributed by atoms with Gasteiger partial charge in [-0.2, -0.15) is 5.10 Å². The van der Waals surface area contributed by atoms with Crippen molar-refractivity contribution in [1.29, 1.82) is 0 Å². The van der Waals surface area contributed by atoms with Gasteiger partial charge in [-0.3, -0.25) is 14.3 Å². The maximum Gasteiger partial charge on any atom is 0.249 e. The molecule has 0 aliphatic carbocycles. The van der Waals surface area contributed by atoms with Gasteiger partial charge < -0.3 is 24.8 Å². The molecule has 2 heterocycles. The Balaban J connectivity index is 1.51. The number of rotatable bonds is 9. The van der Waals surface area contributed by atoms with Crippen molar-refractivity contribution in [2.45, 2.75) is 32.4 Å². The Morgan fingerprint density at radius 1 is 1.18 bits per heavy atom. The Bertz CT molecular complexity index is 1160. The fourth-order valence-corrected chi connectivity index (χ4v) is 3.89. The van der Waals surface area contributed by atoms with Gasteiger partial charge in [0.15, 0.2) is 11.5 Å². The van der Waals surface area contributed by atoms with Crippen molar-refractivity contribution < 1.29 is 24.2 Å². The highest BCUT2D eigenvalue weighted by Crippen LogP contribution is 2.35. The Labute approximate surface area is 197 Å². The van der Waals surface area contributed by atoms with Crippen molar-refractivity contribution in [3.8, 4) is 11.5 Å². The van der Waals surface area contributed by atoms with E-state index in [-0.39, 0.29) is 31.8 Å². The third kappa shape index (κ3) is 5.20. The molecule has 0 radical (unpaired) electrons. The summed E-state index contributed by atoms with van der Waals surface area (Å²) in [7, 11) is 1.67. The monoisotopic (exact) mass is 464 g/mol. The summed E-state index contributed by atoms with van der Waals surface area (Å²) < 4.78 is 12.4. The summed E-state index contributed by atoms with van der Waals surface area (Å²) in [5.74, 6) is 0.631. The van der Waals surface area contributed by atoms with E-state index in [0.29, 0.717) is 30.0 Å². The van der Waals surface area contributed by atoms with E-state index in [1.807, 2.05) is 37.3 Å². The molecule has 0 saturated heterocycles. The maximum atomic E-state index is 13.5. The number of hydrogen-bond donors (Lipinski definition) is 2. The van der Waals surface area contributed by atoms with Crippen molar-refractivity contribution >= 4 is 17.5 Å². The van der Waals surface area contributed by atoms with Crippen molar-refractivity contribution in [2.24, 2.45) is 0 Å². The summed E-state index contributed by atoms with van der Waals surface area (Å²) in [4.78, 5) is 27.9. The summed E-state index contributed by atoms with van der Waals surface area (Å²) in [6.07, 6.45) is 2.47. The minimum Gasteiger partial charge on any atom is -0.454 e. The lowest BCUT2D eigenvalue weighted by Crippen LogP contribution is -2.49. The molecule has 1 aromatic heterocycles. The molecule has 178 valence electrons. The number of aliphatic hydroxyl groups is 1. The number of nitrogens with zero attached hydrogens (tertiary/aromatic N) is 3. The number of aromatic nitrogens is 2. The van der Waals surface area contributed by atoms with Crippen LogP contribution in [-0.2, 0) is 29.0 Å². The second-order valence-electron chi connectivity index (χ2n) is 8.13. The SMILES string of the molecule is Cc1c(CCO)cnn1CC(=O)N[C@@H](Cc1ccccc1)C(=O)N(C)c1ccc2c(c1)OCO2. The zero-order valence-electron chi connectivity index (χ0n) is 19.2. The van der Waals surface area contributed by atoms with Crippen LogP contribution in [0.2, 0.25) is 0 Å². The quantitative estimate of drug-likeness (QED) is 0.501. The predicted molar refractivity (Wildman–Crippen MR) is 126 cm³/mol. The van der Waals surface area contributed by atoms with Crippen LogP contribution in [0.15, 0.2) is 54.7 Å². The molecule has 0 spiro atoms. The number of nitrogens with one attached hydrogen (secondary N) is 1. The van der Waals surface area contributed by atoms with Crippen LogP contribution < -0.4 is 19.7 Å². The minimum atomic E-state index is -0.780. The van der Waals surface area contributed by atoms with Crippen LogP contribution in [0.5, 0.6) is 11.5 Å². The number of carbonyl (C=O) groups excluding carboxylic acids is 2. The highest BCUT2D eigenvalue weighted by molar-refractivity contribution is 5.99. The van der Waals surface area contributed by atoms with Crippen molar-refractivity contribution in [2.75, 3.05) is 25.3 Å². The molecule has 3 aromatic rings. The molecule has 0 fully saturated rings. The van der Waals surface area contributed by atoms with E-state index >= 15 is 0 Å². The number of aliphatic hydroxyl groups excluding tert-OH is 1. The number of benzene rings is 2. The summed E-state index contributed by atoms with van der Waals surface area (Å²) >= 11 is 0. The lowest BCUT2D eigenvalue weighted by Gasteiger charge is -2.25. The van der Waals surface area contributed by atoms with E-state index in [1.165, 1.54) is 4.90 Å². The summed E-state index contributed by atoms with van der Waals surface area (Å²) in [6.45, 7) is 1.99. The van der Waals surface area contributed by atoms with Crippen molar-refractivity contribution in [3.05, 3.63) is 71.5 Å². The van der Waals surface area contributed by atoms with Gasteiger partial charge in [0, 0.05) is 37.5 Å². The van der Waals surface area contributed by atoms with Crippen LogP contribution in [0, 0.1) is 6.92 Å². The van der Waals surface area contributed by atoms with Gasteiger partial charge in [0.2, 0.25) is 18.6 Å². The molecule has 1 atom stereocenters. The molecular weight excluding hydrogens is 436 g/mol. The second-order valence-corrected chi connectivity index (χ2v) is 8.13. The standard InChI is InChI=1S/C25H28N4O5/c1-17-19(10-11-30)14-26-29(17)15-24(31)27-21(12-18-6-4-3-5-7-18)25(32)28(2)20-8-9-22-23(13-20)34-16-33-22/h3-9,13-14,21,30H,10-12,15-16H2,1-2H3,(H,27,31)/t21-/m0/s1. The smallest absolute Gasteiger partial charge is 0.249 e. The summed E-state index contributed by atoms with van der Waals surface area (Å²) in [6, 6.07) is 14.1. The number of fused-ring (bicyclic) bond motifs is 1. The summed E-state index contributed by atoms with van der Waals surface area (Å²) in [5, 5.41) is 16.3. The number of carbonyl (C=O) groups is 2. The van der Waals surface area contributed by atoms with Gasteiger partial charge in [0.25, 0.3) is 0 Å². The lowest BCUT2D eigenvalue weighted by atomic mass is 10.0. The van der Waals surface area contributed by atoms with E-state index in [4.69, 9.17) is 9.47 Å². The molecule has 9 heteroatoms. The van der Waals surface area contributed by atoms with Crippen LogP contribution in [0.25, 0.3) is 0 Å². The third-order valence-corrected chi connectivity index (χ3v) is 5.87. The first kappa shape index (κ1) is 23.3. The Morgan fingerprint density at radius 2 is 1.94 bits per heavy atom. The van der Waals surface area contributed by atoms with Crippen LogP contribution >= 0.6 is 0 Å². The molecule has 34 heavy (non-hydrogen) atoms. The molecule has 0 bridgehead atoms. The Kier molecular flexibility index (Phi) is 7.12. The van der Waals surface area contributed by atoms with E-state index in [1.54, 1.807) is 36.1 Å². The van der Waals surface area contributed by atoms with Gasteiger partial charge in [-0.05, 0) is 36.6 Å². The molecule has 0 unspecified atom stereocenters. The maximum absolute atomic E-state index is 13.5. The van der Waals surface area contributed by atoms with Gasteiger partial charge in [-0.25, -0.2) is 0 Å². The van der Waals surface area contributed by atoms with Gasteiger partial charge in [-0.1, -0.05) is 30.3 Å². The average molecular weight is 465 g/mol. The molecule has 9 nitrogen and oxygen atoms in total. The predicted octanol–water partition coefficient (Wildman–Crippen LogP) is 1.85. The second kappa shape index (κ2) is 10.4. The van der Waals surface area contributed by atoms with Gasteiger partial charge in [0.05, 0.1) is 6.20 Å². The molecule has 2 N–H and O–H groups in total. The largest absolute Gasteiger partial charge is 0.454 e. The number of likely N-dealkylation sites (N-methyl/N-ethyl adjacent to an activating group) is 1. The molecule has 1 aliphatic rings. The fraction of sp³-hybridized carbons (Fsp3) is 0.320. The van der Waals surface area contributed by atoms with Crippen LogP contribution in [-0.4, -0.2) is 53.2 Å². The van der Waals surface area contributed by atoms with E-state index in [2.05, 4.69) is 10.4 Å². The van der Waals surface area contributed by atoms with Crippen molar-refractivity contribution in [1.82, 2.24) is 15.1 Å². The average Bonchev–Trinajstić information content (AvgIpc) is 3.45. The molecule has 2 aromatic carbocycles. The first-order chi connectivity index (χ1) is 16.5. The van der Waals surface area contributed by atoms with E-state index in [0.717, 1.165) is 16.8 Å². The zero-order valence-corrected chi connectivity index (χ0v) is 19.2. The lowest BCUT2D eigenvalue weighted by molar-refractivity contribution is -0.127. The minimum absolute atomic E-state index is 0.0125. The van der Waals surface area contributed by atoms with Crippen LogP contribution in [0.3, 0.4) is 0 Å². The van der Waals surface area contributed by atoms with Crippen LogP contribution in [0.4, 0.5) is 5.69 Å². The number of amides is 2. The molecule has 1 aliphatic heterocycles. The Hall–Kier alpha value is -3.85. The molecule has 0 saturated carbocycles. The fourth-order valence-electron chi connectivity index (χ4n) is 3.89. The van der Waals surface area contributed by atoms with Gasteiger partial charge in [0.1, 0.15) is 12.6 Å².